The van der Waals surface area contributed by atoms with Gasteiger partial charge in [-0.1, -0.05) is 13.8 Å². The molecule has 0 radical (unpaired) electrons. The second-order valence-corrected chi connectivity index (χ2v) is 4.31. The van der Waals surface area contributed by atoms with Gasteiger partial charge in [0.25, 0.3) is 0 Å². The van der Waals surface area contributed by atoms with Gasteiger partial charge in [-0.05, 0) is 18.4 Å². The van der Waals surface area contributed by atoms with E-state index < -0.39 is 0 Å². The van der Waals surface area contributed by atoms with Gasteiger partial charge in [-0.25, -0.2) is 0 Å². The third-order valence-corrected chi connectivity index (χ3v) is 2.34. The molecule has 1 rings (SSSR count). The average Bonchev–Trinajstić information content (AvgIpc) is 2.74. The second-order valence-electron chi connectivity index (χ2n) is 4.31. The van der Waals surface area contributed by atoms with E-state index in [2.05, 4.69) is 24.3 Å². The average molecular weight is 225 g/mol. The Hall–Kier alpha value is -0.870. The number of ether oxygens (including phenoxy) is 1. The monoisotopic (exact) mass is 225 g/mol. The molecule has 0 saturated heterocycles. The lowest BCUT2D eigenvalue weighted by molar-refractivity contribution is 0.125. The molecule has 1 aromatic rings. The Labute approximate surface area is 98.0 Å². The fraction of sp³-hybridized carbons (Fsp3) is 0.750. The lowest BCUT2D eigenvalue weighted by Crippen LogP contribution is -2.24. The molecule has 0 atom stereocenters. The zero-order chi connectivity index (χ0) is 11.6. The summed E-state index contributed by atoms with van der Waals surface area (Å²) in [5.41, 5.74) is 0. The number of rotatable bonds is 9. The van der Waals surface area contributed by atoms with E-state index in [-0.39, 0.29) is 0 Å². The lowest BCUT2D eigenvalue weighted by Gasteiger charge is -2.07. The molecule has 0 amide bonds. The molecule has 0 spiro atoms. The van der Waals surface area contributed by atoms with Gasteiger partial charge in [0, 0.05) is 32.1 Å². The van der Waals surface area contributed by atoms with E-state index in [1.165, 1.54) is 0 Å². The summed E-state index contributed by atoms with van der Waals surface area (Å²) in [6.45, 7) is 8.87. The minimum absolute atomic E-state index is 0.729. The van der Waals surface area contributed by atoms with Crippen molar-refractivity contribution in [2.45, 2.75) is 26.8 Å². The Morgan fingerprint density at radius 2 is 2.19 bits per heavy atom. The summed E-state index contributed by atoms with van der Waals surface area (Å²) in [7, 11) is 0. The van der Waals surface area contributed by atoms with Crippen molar-refractivity contribution in [1.29, 1.82) is 0 Å². The summed E-state index contributed by atoms with van der Waals surface area (Å²) in [4.78, 5) is 0. The fourth-order valence-corrected chi connectivity index (χ4v) is 1.32. The molecule has 0 aliphatic carbocycles. The minimum atomic E-state index is 0.729. The van der Waals surface area contributed by atoms with Crippen molar-refractivity contribution in [2.75, 3.05) is 26.3 Å². The van der Waals surface area contributed by atoms with Crippen LogP contribution >= 0.6 is 0 Å². The van der Waals surface area contributed by atoms with Crippen LogP contribution in [-0.2, 0) is 11.3 Å². The van der Waals surface area contributed by atoms with Crippen LogP contribution in [-0.4, -0.2) is 36.1 Å². The number of hydrogen-bond acceptors (Lipinski definition) is 3. The van der Waals surface area contributed by atoms with Gasteiger partial charge in [0.2, 0.25) is 0 Å². The Morgan fingerprint density at radius 1 is 1.31 bits per heavy atom. The maximum atomic E-state index is 5.50. The van der Waals surface area contributed by atoms with Crippen LogP contribution in [0.2, 0.25) is 0 Å². The Balaban J connectivity index is 1.82. The fourth-order valence-electron chi connectivity index (χ4n) is 1.32. The first-order chi connectivity index (χ1) is 7.79. The highest BCUT2D eigenvalue weighted by atomic mass is 16.5. The van der Waals surface area contributed by atoms with E-state index in [1.54, 1.807) is 6.20 Å². The highest BCUT2D eigenvalue weighted by Crippen LogP contribution is 1.98. The Morgan fingerprint density at radius 3 is 2.88 bits per heavy atom. The molecule has 1 aromatic heterocycles. The normalized spacial score (nSPS) is 11.2. The van der Waals surface area contributed by atoms with Crippen molar-refractivity contribution in [3.63, 3.8) is 0 Å². The molecule has 4 heteroatoms. The van der Waals surface area contributed by atoms with Crippen molar-refractivity contribution >= 4 is 0 Å². The number of nitrogens with zero attached hydrogens (tertiary/aromatic N) is 2. The molecule has 1 N–H and O–H groups in total. The molecule has 0 aliphatic rings. The van der Waals surface area contributed by atoms with E-state index in [0.717, 1.165) is 45.2 Å². The molecule has 0 aliphatic heterocycles. The number of hydrogen-bond donors (Lipinski definition) is 1. The third kappa shape index (κ3) is 6.58. The first kappa shape index (κ1) is 13.2. The van der Waals surface area contributed by atoms with Crippen LogP contribution in [0.5, 0.6) is 0 Å². The van der Waals surface area contributed by atoms with Crippen LogP contribution in [0.15, 0.2) is 18.5 Å². The van der Waals surface area contributed by atoms with Crippen LogP contribution in [0.4, 0.5) is 0 Å². The SMILES string of the molecule is CC(C)CCOCCNCCn1cccn1. The molecule has 0 saturated carbocycles. The van der Waals surface area contributed by atoms with Crippen molar-refractivity contribution in [1.82, 2.24) is 15.1 Å². The van der Waals surface area contributed by atoms with Gasteiger partial charge in [0.15, 0.2) is 0 Å². The molecule has 0 bridgehead atoms. The predicted octanol–water partition coefficient (Wildman–Crippen LogP) is 1.54. The predicted molar refractivity (Wildman–Crippen MR) is 65.4 cm³/mol. The van der Waals surface area contributed by atoms with E-state index in [4.69, 9.17) is 4.74 Å². The molecule has 16 heavy (non-hydrogen) atoms. The standard InChI is InChI=1S/C12H23N3O/c1-12(2)4-10-16-11-7-13-6-9-15-8-3-5-14-15/h3,5,8,12-13H,4,6-7,9-11H2,1-2H3. The van der Waals surface area contributed by atoms with Crippen molar-refractivity contribution in [3.8, 4) is 0 Å². The van der Waals surface area contributed by atoms with Crippen LogP contribution < -0.4 is 5.32 Å². The minimum Gasteiger partial charge on any atom is -0.380 e. The first-order valence-corrected chi connectivity index (χ1v) is 6.05. The molecule has 0 aromatic carbocycles. The summed E-state index contributed by atoms with van der Waals surface area (Å²) in [6.07, 6.45) is 4.92. The van der Waals surface area contributed by atoms with Crippen LogP contribution in [0.25, 0.3) is 0 Å². The van der Waals surface area contributed by atoms with E-state index in [0.29, 0.717) is 0 Å². The zero-order valence-corrected chi connectivity index (χ0v) is 10.4. The van der Waals surface area contributed by atoms with E-state index in [9.17, 15) is 0 Å². The summed E-state index contributed by atoms with van der Waals surface area (Å²) in [5, 5.41) is 7.45. The summed E-state index contributed by atoms with van der Waals surface area (Å²) in [5.74, 6) is 0.729. The van der Waals surface area contributed by atoms with Crippen LogP contribution in [0.3, 0.4) is 0 Å². The highest BCUT2D eigenvalue weighted by Gasteiger charge is 1.94. The molecule has 0 unspecified atom stereocenters. The molecular formula is C12H23N3O. The van der Waals surface area contributed by atoms with Gasteiger partial charge in [0.05, 0.1) is 13.2 Å². The zero-order valence-electron chi connectivity index (χ0n) is 10.4. The first-order valence-electron chi connectivity index (χ1n) is 6.05. The van der Waals surface area contributed by atoms with Gasteiger partial charge < -0.3 is 10.1 Å². The molecular weight excluding hydrogens is 202 g/mol. The van der Waals surface area contributed by atoms with Crippen LogP contribution in [0.1, 0.15) is 20.3 Å². The van der Waals surface area contributed by atoms with Gasteiger partial charge in [-0.3, -0.25) is 4.68 Å². The molecule has 1 heterocycles. The van der Waals surface area contributed by atoms with Crippen molar-refractivity contribution < 1.29 is 4.74 Å². The number of nitrogens with one attached hydrogen (secondary N) is 1. The van der Waals surface area contributed by atoms with E-state index in [1.807, 2.05) is 16.9 Å². The maximum absolute atomic E-state index is 5.50. The van der Waals surface area contributed by atoms with Gasteiger partial charge in [-0.15, -0.1) is 0 Å². The van der Waals surface area contributed by atoms with Gasteiger partial charge >= 0.3 is 0 Å². The van der Waals surface area contributed by atoms with Crippen molar-refractivity contribution in [3.05, 3.63) is 18.5 Å². The number of aromatic nitrogens is 2. The third-order valence-electron chi connectivity index (χ3n) is 2.34. The summed E-state index contributed by atoms with van der Waals surface area (Å²) in [6, 6.07) is 1.94. The molecule has 92 valence electrons. The summed E-state index contributed by atoms with van der Waals surface area (Å²) >= 11 is 0. The Kier molecular flexibility index (Phi) is 6.85. The second kappa shape index (κ2) is 8.30. The largest absolute Gasteiger partial charge is 0.380 e. The smallest absolute Gasteiger partial charge is 0.0590 e. The quantitative estimate of drug-likeness (QED) is 0.648. The highest BCUT2D eigenvalue weighted by molar-refractivity contribution is 4.77. The van der Waals surface area contributed by atoms with Crippen molar-refractivity contribution in [2.24, 2.45) is 5.92 Å². The lowest BCUT2D eigenvalue weighted by atomic mass is 10.1. The van der Waals surface area contributed by atoms with E-state index >= 15 is 0 Å². The summed E-state index contributed by atoms with van der Waals surface area (Å²) < 4.78 is 7.42. The molecule has 4 nitrogen and oxygen atoms in total. The van der Waals surface area contributed by atoms with Gasteiger partial charge in [-0.2, -0.15) is 5.10 Å². The topological polar surface area (TPSA) is 39.1 Å². The maximum Gasteiger partial charge on any atom is 0.0590 e. The molecule has 0 fully saturated rings. The Bertz CT molecular complexity index is 247. The van der Waals surface area contributed by atoms with Crippen LogP contribution in [0, 0.1) is 5.92 Å². The van der Waals surface area contributed by atoms with Gasteiger partial charge in [0.1, 0.15) is 0 Å².